The van der Waals surface area contributed by atoms with Crippen molar-refractivity contribution in [1.82, 2.24) is 10.2 Å². The summed E-state index contributed by atoms with van der Waals surface area (Å²) in [5, 5.41) is 2.73. The van der Waals surface area contributed by atoms with Crippen LogP contribution in [0.2, 0.25) is 0 Å². The number of amides is 2. The summed E-state index contributed by atoms with van der Waals surface area (Å²) in [6.45, 7) is 0.376. The zero-order chi connectivity index (χ0) is 20.5. The summed E-state index contributed by atoms with van der Waals surface area (Å²) in [6, 6.07) is 28.5. The van der Waals surface area contributed by atoms with Crippen molar-refractivity contribution in [3.63, 3.8) is 0 Å². The van der Waals surface area contributed by atoms with Gasteiger partial charge in [0.2, 0.25) is 11.8 Å². The largest absolute Gasteiger partial charge is 0.357 e. The molecule has 2 amide bonds. The molecule has 0 aromatic heterocycles. The first-order valence-electron chi connectivity index (χ1n) is 9.83. The third-order valence-electron chi connectivity index (χ3n) is 4.91. The molecule has 0 aliphatic carbocycles. The number of benzene rings is 3. The molecule has 29 heavy (non-hydrogen) atoms. The molecule has 4 nitrogen and oxygen atoms in total. The molecule has 0 heterocycles. The molecule has 3 rings (SSSR count). The lowest BCUT2D eigenvalue weighted by Crippen LogP contribution is -2.42. The lowest BCUT2D eigenvalue weighted by atomic mass is 10.0. The highest BCUT2D eigenvalue weighted by Gasteiger charge is 2.30. The van der Waals surface area contributed by atoms with Crippen LogP contribution in [0, 0.1) is 0 Å². The number of hydrogen-bond acceptors (Lipinski definition) is 2. The summed E-state index contributed by atoms with van der Waals surface area (Å²) in [5.74, 6) is -0.240. The van der Waals surface area contributed by atoms with Gasteiger partial charge in [-0.2, -0.15) is 0 Å². The van der Waals surface area contributed by atoms with E-state index >= 15 is 0 Å². The van der Waals surface area contributed by atoms with Gasteiger partial charge in [-0.05, 0) is 23.1 Å². The van der Waals surface area contributed by atoms with Crippen LogP contribution >= 0.6 is 0 Å². The van der Waals surface area contributed by atoms with E-state index in [4.69, 9.17) is 0 Å². The van der Waals surface area contributed by atoms with Crippen LogP contribution < -0.4 is 5.32 Å². The molecule has 3 aromatic carbocycles. The van der Waals surface area contributed by atoms with Gasteiger partial charge in [0.1, 0.15) is 6.04 Å². The molecular weight excluding hydrogens is 360 g/mol. The maximum Gasteiger partial charge on any atom is 0.247 e. The van der Waals surface area contributed by atoms with E-state index in [1.807, 2.05) is 91.0 Å². The van der Waals surface area contributed by atoms with Crippen molar-refractivity contribution in [2.24, 2.45) is 0 Å². The Labute approximate surface area is 172 Å². The van der Waals surface area contributed by atoms with Crippen LogP contribution in [-0.2, 0) is 22.6 Å². The second-order valence-electron chi connectivity index (χ2n) is 6.92. The van der Waals surface area contributed by atoms with Crippen molar-refractivity contribution >= 4 is 11.8 Å². The lowest BCUT2D eigenvalue weighted by molar-refractivity contribution is -0.141. The van der Waals surface area contributed by atoms with E-state index in [1.165, 1.54) is 0 Å². The molecule has 0 bridgehead atoms. The molecule has 0 unspecified atom stereocenters. The Morgan fingerprint density at radius 2 is 1.31 bits per heavy atom. The maximum atomic E-state index is 13.3. The monoisotopic (exact) mass is 386 g/mol. The Hall–Kier alpha value is -3.40. The van der Waals surface area contributed by atoms with Crippen LogP contribution in [0.5, 0.6) is 0 Å². The van der Waals surface area contributed by atoms with Gasteiger partial charge in [0.15, 0.2) is 0 Å². The number of nitrogens with zero attached hydrogens (tertiary/aromatic N) is 1. The fourth-order valence-electron chi connectivity index (χ4n) is 3.39. The fourth-order valence-corrected chi connectivity index (χ4v) is 3.39. The molecule has 1 N–H and O–H groups in total. The van der Waals surface area contributed by atoms with Crippen molar-refractivity contribution in [1.29, 1.82) is 0 Å². The first-order valence-corrected chi connectivity index (χ1v) is 9.83. The number of likely N-dealkylation sites (N-methyl/N-ethyl adjacent to an activating group) is 1. The molecular formula is C25H26N2O2. The average molecular weight is 386 g/mol. The second kappa shape index (κ2) is 10.2. The Kier molecular flexibility index (Phi) is 7.17. The summed E-state index contributed by atoms with van der Waals surface area (Å²) < 4.78 is 0. The van der Waals surface area contributed by atoms with Gasteiger partial charge in [0.05, 0.1) is 0 Å². The van der Waals surface area contributed by atoms with E-state index in [0.29, 0.717) is 19.4 Å². The highest BCUT2D eigenvalue weighted by molar-refractivity contribution is 5.88. The van der Waals surface area contributed by atoms with Gasteiger partial charge in [-0.15, -0.1) is 0 Å². The molecule has 0 saturated carbocycles. The van der Waals surface area contributed by atoms with E-state index in [-0.39, 0.29) is 11.8 Å². The van der Waals surface area contributed by atoms with Gasteiger partial charge >= 0.3 is 0 Å². The number of hydrogen-bond donors (Lipinski definition) is 1. The Balaban J connectivity index is 1.89. The minimum Gasteiger partial charge on any atom is -0.357 e. The Bertz CT molecular complexity index is 911. The quantitative estimate of drug-likeness (QED) is 0.633. The van der Waals surface area contributed by atoms with Crippen LogP contribution in [0.4, 0.5) is 0 Å². The molecule has 3 aromatic rings. The summed E-state index contributed by atoms with van der Waals surface area (Å²) >= 11 is 0. The Morgan fingerprint density at radius 1 is 0.793 bits per heavy atom. The zero-order valence-electron chi connectivity index (χ0n) is 16.6. The smallest absolute Gasteiger partial charge is 0.247 e. The normalized spacial score (nSPS) is 11.5. The molecule has 0 spiro atoms. The molecule has 1 atom stereocenters. The van der Waals surface area contributed by atoms with Crippen LogP contribution in [0.25, 0.3) is 0 Å². The number of rotatable bonds is 8. The van der Waals surface area contributed by atoms with Gasteiger partial charge in [-0.3, -0.25) is 9.59 Å². The molecule has 0 aliphatic heterocycles. The SMILES string of the molecule is CNC(=O)[C@H](c1ccccc1)N(Cc1ccccc1)C(=O)CCc1ccccc1. The highest BCUT2D eigenvalue weighted by Crippen LogP contribution is 2.25. The summed E-state index contributed by atoms with van der Waals surface area (Å²) in [5.41, 5.74) is 2.90. The predicted molar refractivity (Wildman–Crippen MR) is 115 cm³/mol. The van der Waals surface area contributed by atoms with Crippen LogP contribution in [0.1, 0.15) is 29.2 Å². The van der Waals surface area contributed by atoms with E-state index < -0.39 is 6.04 Å². The predicted octanol–water partition coefficient (Wildman–Crippen LogP) is 4.14. The number of nitrogens with one attached hydrogen (secondary N) is 1. The third-order valence-corrected chi connectivity index (χ3v) is 4.91. The van der Waals surface area contributed by atoms with E-state index in [1.54, 1.807) is 11.9 Å². The summed E-state index contributed by atoms with van der Waals surface area (Å²) in [7, 11) is 1.60. The average Bonchev–Trinajstić information content (AvgIpc) is 2.79. The first-order chi connectivity index (χ1) is 14.2. The fraction of sp³-hybridized carbons (Fsp3) is 0.200. The first kappa shape index (κ1) is 20.3. The molecule has 148 valence electrons. The van der Waals surface area contributed by atoms with Gasteiger partial charge in [0.25, 0.3) is 0 Å². The van der Waals surface area contributed by atoms with E-state index in [0.717, 1.165) is 16.7 Å². The Morgan fingerprint density at radius 3 is 1.86 bits per heavy atom. The van der Waals surface area contributed by atoms with E-state index in [9.17, 15) is 9.59 Å². The van der Waals surface area contributed by atoms with Crippen molar-refractivity contribution in [2.75, 3.05) is 7.05 Å². The molecule has 0 saturated heterocycles. The van der Waals surface area contributed by atoms with Crippen molar-refractivity contribution < 1.29 is 9.59 Å². The molecule has 0 fully saturated rings. The molecule has 0 radical (unpaired) electrons. The third kappa shape index (κ3) is 5.55. The van der Waals surface area contributed by atoms with Gasteiger partial charge in [-0.1, -0.05) is 91.0 Å². The minimum atomic E-state index is -0.676. The van der Waals surface area contributed by atoms with Crippen LogP contribution in [0.3, 0.4) is 0 Å². The highest BCUT2D eigenvalue weighted by atomic mass is 16.2. The van der Waals surface area contributed by atoms with E-state index in [2.05, 4.69) is 5.32 Å². The summed E-state index contributed by atoms with van der Waals surface area (Å²) in [4.78, 5) is 27.8. The van der Waals surface area contributed by atoms with Crippen LogP contribution in [-0.4, -0.2) is 23.8 Å². The second-order valence-corrected chi connectivity index (χ2v) is 6.92. The van der Waals surface area contributed by atoms with Crippen molar-refractivity contribution in [3.8, 4) is 0 Å². The summed E-state index contributed by atoms with van der Waals surface area (Å²) in [6.07, 6.45) is 0.984. The van der Waals surface area contributed by atoms with Gasteiger partial charge in [0, 0.05) is 20.0 Å². The van der Waals surface area contributed by atoms with Gasteiger partial charge in [-0.25, -0.2) is 0 Å². The topological polar surface area (TPSA) is 49.4 Å². The lowest BCUT2D eigenvalue weighted by Gasteiger charge is -2.31. The van der Waals surface area contributed by atoms with Gasteiger partial charge < -0.3 is 10.2 Å². The zero-order valence-corrected chi connectivity index (χ0v) is 16.6. The number of aryl methyl sites for hydroxylation is 1. The number of carbonyl (C=O) groups excluding carboxylic acids is 2. The number of carbonyl (C=O) groups is 2. The van der Waals surface area contributed by atoms with Crippen molar-refractivity contribution in [3.05, 3.63) is 108 Å². The molecule has 4 heteroatoms. The molecule has 0 aliphatic rings. The van der Waals surface area contributed by atoms with Crippen molar-refractivity contribution in [2.45, 2.75) is 25.4 Å². The van der Waals surface area contributed by atoms with Crippen LogP contribution in [0.15, 0.2) is 91.0 Å². The maximum absolute atomic E-state index is 13.3. The minimum absolute atomic E-state index is 0.0461. The standard InChI is InChI=1S/C25H26N2O2/c1-26-25(29)24(22-15-9-4-10-16-22)27(19-21-13-7-3-8-14-21)23(28)18-17-20-11-5-2-6-12-20/h2-16,24H,17-19H2,1H3,(H,26,29)/t24-/m0/s1.